The SMILES string of the molecule is O=C(O)N1CCC(OCc2nc(-c3ccc(Cl)nc3)no2)CC1. The van der Waals surface area contributed by atoms with Gasteiger partial charge in [0.2, 0.25) is 5.82 Å². The van der Waals surface area contributed by atoms with Gasteiger partial charge in [-0.2, -0.15) is 4.98 Å². The summed E-state index contributed by atoms with van der Waals surface area (Å²) in [6, 6.07) is 3.41. The zero-order valence-electron chi connectivity index (χ0n) is 12.2. The average molecular weight is 339 g/mol. The highest BCUT2D eigenvalue weighted by molar-refractivity contribution is 6.29. The Morgan fingerprint density at radius 3 is 2.87 bits per heavy atom. The number of likely N-dealkylation sites (tertiary alicyclic amines) is 1. The molecule has 1 fully saturated rings. The summed E-state index contributed by atoms with van der Waals surface area (Å²) in [7, 11) is 0. The second-order valence-corrected chi connectivity index (χ2v) is 5.55. The van der Waals surface area contributed by atoms with Gasteiger partial charge in [-0.1, -0.05) is 16.8 Å². The monoisotopic (exact) mass is 338 g/mol. The summed E-state index contributed by atoms with van der Waals surface area (Å²) < 4.78 is 10.9. The molecular weight excluding hydrogens is 324 g/mol. The molecule has 1 aliphatic rings. The molecule has 0 aromatic carbocycles. The minimum absolute atomic E-state index is 0.00171. The van der Waals surface area contributed by atoms with Crippen molar-refractivity contribution in [3.63, 3.8) is 0 Å². The molecule has 1 N–H and O–H groups in total. The molecule has 3 rings (SSSR count). The number of hydrogen-bond donors (Lipinski definition) is 1. The van der Waals surface area contributed by atoms with E-state index >= 15 is 0 Å². The summed E-state index contributed by atoms with van der Waals surface area (Å²) in [6.07, 6.45) is 2.00. The Labute approximate surface area is 137 Å². The van der Waals surface area contributed by atoms with E-state index in [1.54, 1.807) is 18.3 Å². The Morgan fingerprint density at radius 1 is 1.43 bits per heavy atom. The lowest BCUT2D eigenvalue weighted by Crippen LogP contribution is -2.40. The van der Waals surface area contributed by atoms with Crippen molar-refractivity contribution < 1.29 is 19.2 Å². The van der Waals surface area contributed by atoms with Crippen molar-refractivity contribution in [2.75, 3.05) is 13.1 Å². The molecule has 1 aliphatic heterocycles. The first-order valence-electron chi connectivity index (χ1n) is 7.16. The number of hydrogen-bond acceptors (Lipinski definition) is 6. The Bertz CT molecular complexity index is 668. The first-order chi connectivity index (χ1) is 11.1. The van der Waals surface area contributed by atoms with Gasteiger partial charge in [0, 0.05) is 24.8 Å². The standard InChI is InChI=1S/C14H15ClN4O4/c15-11-2-1-9(7-16-11)13-17-12(23-18-13)8-22-10-3-5-19(6-4-10)14(20)21/h1-2,7,10H,3-6,8H2,(H,20,21). The molecule has 9 heteroatoms. The fraction of sp³-hybridized carbons (Fsp3) is 0.429. The molecule has 0 aliphatic carbocycles. The van der Waals surface area contributed by atoms with Gasteiger partial charge in [-0.3, -0.25) is 0 Å². The second-order valence-electron chi connectivity index (χ2n) is 5.16. The topological polar surface area (TPSA) is 102 Å². The number of carbonyl (C=O) groups is 1. The number of amides is 1. The summed E-state index contributed by atoms with van der Waals surface area (Å²) in [5.41, 5.74) is 0.708. The van der Waals surface area contributed by atoms with Crippen LogP contribution in [0.4, 0.5) is 4.79 Å². The molecule has 2 aromatic rings. The number of halogens is 1. The van der Waals surface area contributed by atoms with E-state index in [2.05, 4.69) is 15.1 Å². The number of aromatic nitrogens is 3. The van der Waals surface area contributed by atoms with Crippen molar-refractivity contribution in [2.45, 2.75) is 25.6 Å². The van der Waals surface area contributed by atoms with Gasteiger partial charge >= 0.3 is 6.09 Å². The van der Waals surface area contributed by atoms with Gasteiger partial charge < -0.3 is 19.3 Å². The number of nitrogens with zero attached hydrogens (tertiary/aromatic N) is 4. The molecule has 23 heavy (non-hydrogen) atoms. The van der Waals surface area contributed by atoms with Crippen molar-refractivity contribution in [1.29, 1.82) is 0 Å². The van der Waals surface area contributed by atoms with Crippen LogP contribution in [-0.4, -0.2) is 50.4 Å². The second kappa shape index (κ2) is 6.93. The van der Waals surface area contributed by atoms with Gasteiger partial charge in [-0.05, 0) is 25.0 Å². The molecular formula is C14H15ClN4O4. The summed E-state index contributed by atoms with van der Waals surface area (Å²) in [5.74, 6) is 0.795. The van der Waals surface area contributed by atoms with Gasteiger partial charge in [-0.25, -0.2) is 9.78 Å². The maximum absolute atomic E-state index is 10.8. The third kappa shape index (κ3) is 3.96. The van der Waals surface area contributed by atoms with Crippen molar-refractivity contribution in [3.05, 3.63) is 29.4 Å². The smallest absolute Gasteiger partial charge is 0.407 e. The quantitative estimate of drug-likeness (QED) is 0.854. The molecule has 0 bridgehead atoms. The Kier molecular flexibility index (Phi) is 4.73. The van der Waals surface area contributed by atoms with Crippen LogP contribution < -0.4 is 0 Å². The average Bonchev–Trinajstić information content (AvgIpc) is 3.03. The number of carboxylic acid groups (broad SMARTS) is 1. The van der Waals surface area contributed by atoms with E-state index in [4.69, 9.17) is 26.0 Å². The van der Waals surface area contributed by atoms with Crippen LogP contribution in [0, 0.1) is 0 Å². The van der Waals surface area contributed by atoms with Gasteiger partial charge in [-0.15, -0.1) is 0 Å². The molecule has 0 spiro atoms. The molecule has 1 saturated heterocycles. The van der Waals surface area contributed by atoms with Crippen LogP contribution in [0.3, 0.4) is 0 Å². The minimum atomic E-state index is -0.887. The summed E-state index contributed by atoms with van der Waals surface area (Å²) in [5, 5.41) is 13.2. The Morgan fingerprint density at radius 2 is 2.22 bits per heavy atom. The molecule has 0 unspecified atom stereocenters. The number of piperidine rings is 1. The lowest BCUT2D eigenvalue weighted by molar-refractivity contribution is -0.00953. The highest BCUT2D eigenvalue weighted by Gasteiger charge is 2.23. The van der Waals surface area contributed by atoms with E-state index in [9.17, 15) is 4.79 Å². The van der Waals surface area contributed by atoms with Gasteiger partial charge in [0.05, 0.1) is 6.10 Å². The zero-order valence-corrected chi connectivity index (χ0v) is 12.9. The fourth-order valence-electron chi connectivity index (χ4n) is 2.34. The highest BCUT2D eigenvalue weighted by atomic mass is 35.5. The van der Waals surface area contributed by atoms with Gasteiger partial charge in [0.15, 0.2) is 0 Å². The first kappa shape index (κ1) is 15.7. The largest absolute Gasteiger partial charge is 0.465 e. The number of ether oxygens (including phenoxy) is 1. The number of rotatable bonds is 4. The van der Waals surface area contributed by atoms with Crippen LogP contribution in [0.1, 0.15) is 18.7 Å². The molecule has 1 amide bonds. The first-order valence-corrected chi connectivity index (χ1v) is 7.53. The van der Waals surface area contributed by atoms with E-state index < -0.39 is 6.09 Å². The molecule has 0 radical (unpaired) electrons. The molecule has 0 saturated carbocycles. The van der Waals surface area contributed by atoms with Gasteiger partial charge in [0.1, 0.15) is 11.8 Å². The van der Waals surface area contributed by atoms with Crippen molar-refractivity contribution >= 4 is 17.7 Å². The van der Waals surface area contributed by atoms with E-state index in [0.29, 0.717) is 48.4 Å². The van der Waals surface area contributed by atoms with Crippen LogP contribution in [-0.2, 0) is 11.3 Å². The van der Waals surface area contributed by atoms with Crippen LogP contribution in [0.15, 0.2) is 22.9 Å². The normalized spacial score (nSPS) is 15.8. The summed E-state index contributed by atoms with van der Waals surface area (Å²) in [6.45, 7) is 1.16. The van der Waals surface area contributed by atoms with E-state index in [1.807, 2.05) is 0 Å². The Hall–Kier alpha value is -2.19. The molecule has 8 nitrogen and oxygen atoms in total. The minimum Gasteiger partial charge on any atom is -0.465 e. The molecule has 3 heterocycles. The predicted molar refractivity (Wildman–Crippen MR) is 79.9 cm³/mol. The maximum atomic E-state index is 10.8. The molecule has 122 valence electrons. The highest BCUT2D eigenvalue weighted by Crippen LogP contribution is 2.18. The predicted octanol–water partition coefficient (Wildman–Crippen LogP) is 2.44. The van der Waals surface area contributed by atoms with Crippen molar-refractivity contribution in [2.24, 2.45) is 0 Å². The van der Waals surface area contributed by atoms with Crippen LogP contribution in [0.2, 0.25) is 5.15 Å². The van der Waals surface area contributed by atoms with Crippen LogP contribution >= 0.6 is 11.6 Å². The number of pyridine rings is 1. The molecule has 0 atom stereocenters. The lowest BCUT2D eigenvalue weighted by Gasteiger charge is -2.29. The summed E-state index contributed by atoms with van der Waals surface area (Å²) in [4.78, 5) is 20.4. The molecule has 2 aromatic heterocycles. The summed E-state index contributed by atoms with van der Waals surface area (Å²) >= 11 is 5.73. The van der Waals surface area contributed by atoms with Crippen molar-refractivity contribution in [3.8, 4) is 11.4 Å². The van der Waals surface area contributed by atoms with E-state index in [0.717, 1.165) is 0 Å². The van der Waals surface area contributed by atoms with Crippen LogP contribution in [0.25, 0.3) is 11.4 Å². The fourth-order valence-corrected chi connectivity index (χ4v) is 2.45. The third-order valence-electron chi connectivity index (χ3n) is 3.61. The Balaban J connectivity index is 1.52. The van der Waals surface area contributed by atoms with E-state index in [1.165, 1.54) is 4.90 Å². The third-order valence-corrected chi connectivity index (χ3v) is 3.83. The lowest BCUT2D eigenvalue weighted by atomic mass is 10.1. The van der Waals surface area contributed by atoms with Gasteiger partial charge in [0.25, 0.3) is 5.89 Å². The van der Waals surface area contributed by atoms with E-state index in [-0.39, 0.29) is 12.7 Å². The van der Waals surface area contributed by atoms with Crippen molar-refractivity contribution in [1.82, 2.24) is 20.0 Å². The van der Waals surface area contributed by atoms with Crippen LogP contribution in [0.5, 0.6) is 0 Å². The zero-order chi connectivity index (χ0) is 16.2. The maximum Gasteiger partial charge on any atom is 0.407 e.